The third kappa shape index (κ3) is 4.90. The summed E-state index contributed by atoms with van der Waals surface area (Å²) in [5, 5.41) is 0. The first-order valence-electron chi connectivity index (χ1n) is 5.89. The van der Waals surface area contributed by atoms with E-state index in [0.717, 1.165) is 10.0 Å². The predicted molar refractivity (Wildman–Crippen MR) is 75.1 cm³/mol. The van der Waals surface area contributed by atoms with Gasteiger partial charge in [0.25, 0.3) is 0 Å². The lowest BCUT2D eigenvalue weighted by molar-refractivity contribution is -0.145. The van der Waals surface area contributed by atoms with Crippen molar-refractivity contribution < 1.29 is 9.53 Å². The molecule has 0 spiro atoms. The molecule has 2 unspecified atom stereocenters. The van der Waals surface area contributed by atoms with Gasteiger partial charge in [0, 0.05) is 4.47 Å². The Bertz CT molecular complexity index is 333. The van der Waals surface area contributed by atoms with Gasteiger partial charge in [-0.15, -0.1) is 0 Å². The van der Waals surface area contributed by atoms with Crippen molar-refractivity contribution in [1.82, 2.24) is 0 Å². The number of methoxy groups -OCH3 is 1. The van der Waals surface area contributed by atoms with Gasteiger partial charge < -0.3 is 4.74 Å². The van der Waals surface area contributed by atoms with Gasteiger partial charge in [-0.1, -0.05) is 55.8 Å². The van der Waals surface area contributed by atoms with E-state index in [1.54, 1.807) is 0 Å². The van der Waals surface area contributed by atoms with Crippen molar-refractivity contribution in [3.63, 3.8) is 0 Å². The van der Waals surface area contributed by atoms with E-state index in [-0.39, 0.29) is 17.8 Å². The van der Waals surface area contributed by atoms with Crippen LogP contribution in [0.15, 0.2) is 28.7 Å². The molecule has 0 aliphatic heterocycles. The molecule has 17 heavy (non-hydrogen) atoms. The fourth-order valence-electron chi connectivity index (χ4n) is 1.45. The number of ether oxygens (including phenoxy) is 1. The summed E-state index contributed by atoms with van der Waals surface area (Å²) >= 11 is 3.38. The van der Waals surface area contributed by atoms with Crippen molar-refractivity contribution in [1.29, 1.82) is 0 Å². The summed E-state index contributed by atoms with van der Waals surface area (Å²) in [6, 6.07) is 8.01. The number of esters is 1. The van der Waals surface area contributed by atoms with Gasteiger partial charge in [-0.2, -0.15) is 0 Å². The molecule has 96 valence electrons. The number of carbonyl (C=O) groups excluding carboxylic acids is 1. The first-order chi connectivity index (χ1) is 8.06. The minimum Gasteiger partial charge on any atom is -0.469 e. The van der Waals surface area contributed by atoms with E-state index in [0.29, 0.717) is 0 Å². The minimum absolute atomic E-state index is 0.115. The number of rotatable bonds is 3. The molecular formula is C14H21BrO2. The molecule has 1 rings (SSSR count). The van der Waals surface area contributed by atoms with Crippen LogP contribution in [0.3, 0.4) is 0 Å². The van der Waals surface area contributed by atoms with Crippen LogP contribution in [-0.2, 0) is 9.53 Å². The monoisotopic (exact) mass is 300 g/mol. The van der Waals surface area contributed by atoms with Crippen LogP contribution in [0.2, 0.25) is 0 Å². The highest BCUT2D eigenvalue weighted by Crippen LogP contribution is 2.26. The lowest BCUT2D eigenvalue weighted by Crippen LogP contribution is -2.18. The zero-order valence-corrected chi connectivity index (χ0v) is 12.7. The smallest absolute Gasteiger partial charge is 0.308 e. The van der Waals surface area contributed by atoms with Crippen molar-refractivity contribution in [2.24, 2.45) is 5.92 Å². The quantitative estimate of drug-likeness (QED) is 0.774. The third-order valence-corrected chi connectivity index (χ3v) is 3.25. The SMILES string of the molecule is CC.COC(=O)C(C)C(C)c1ccc(Br)cc1. The van der Waals surface area contributed by atoms with Gasteiger partial charge >= 0.3 is 5.97 Å². The summed E-state index contributed by atoms with van der Waals surface area (Å²) in [4.78, 5) is 11.4. The Morgan fingerprint density at radius 1 is 1.18 bits per heavy atom. The lowest BCUT2D eigenvalue weighted by atomic mass is 9.89. The first kappa shape index (κ1) is 16.2. The molecule has 0 aromatic heterocycles. The summed E-state index contributed by atoms with van der Waals surface area (Å²) < 4.78 is 5.78. The van der Waals surface area contributed by atoms with E-state index in [4.69, 9.17) is 4.74 Å². The summed E-state index contributed by atoms with van der Waals surface area (Å²) in [5.74, 6) is -0.104. The highest BCUT2D eigenvalue weighted by Gasteiger charge is 2.21. The van der Waals surface area contributed by atoms with Crippen molar-refractivity contribution in [3.8, 4) is 0 Å². The van der Waals surface area contributed by atoms with Crippen LogP contribution >= 0.6 is 15.9 Å². The molecular weight excluding hydrogens is 280 g/mol. The van der Waals surface area contributed by atoms with Crippen molar-refractivity contribution >= 4 is 21.9 Å². The fourth-order valence-corrected chi connectivity index (χ4v) is 1.71. The lowest BCUT2D eigenvalue weighted by Gasteiger charge is -2.17. The maximum absolute atomic E-state index is 11.4. The van der Waals surface area contributed by atoms with E-state index in [1.807, 2.05) is 52.0 Å². The average molecular weight is 301 g/mol. The molecule has 0 saturated carbocycles. The van der Waals surface area contributed by atoms with Gasteiger partial charge in [0.1, 0.15) is 0 Å². The van der Waals surface area contributed by atoms with Gasteiger partial charge in [0.2, 0.25) is 0 Å². The molecule has 2 atom stereocenters. The van der Waals surface area contributed by atoms with Crippen molar-refractivity contribution in [3.05, 3.63) is 34.3 Å². The van der Waals surface area contributed by atoms with Gasteiger partial charge in [-0.3, -0.25) is 4.79 Å². The summed E-state index contributed by atoms with van der Waals surface area (Å²) in [6.45, 7) is 7.92. The van der Waals surface area contributed by atoms with Crippen LogP contribution in [0.4, 0.5) is 0 Å². The van der Waals surface area contributed by atoms with Crippen LogP contribution in [0, 0.1) is 5.92 Å². The van der Waals surface area contributed by atoms with Gasteiger partial charge in [-0.25, -0.2) is 0 Å². The fraction of sp³-hybridized carbons (Fsp3) is 0.500. The number of carbonyl (C=O) groups is 1. The van der Waals surface area contributed by atoms with E-state index < -0.39 is 0 Å². The summed E-state index contributed by atoms with van der Waals surface area (Å²) in [5.41, 5.74) is 1.15. The van der Waals surface area contributed by atoms with E-state index >= 15 is 0 Å². The standard InChI is InChI=1S/C12H15BrO2.C2H6/c1-8(9(2)12(14)15-3)10-4-6-11(13)7-5-10;1-2/h4-9H,1-3H3;1-2H3. The van der Waals surface area contributed by atoms with Crippen LogP contribution in [0.1, 0.15) is 39.2 Å². The maximum Gasteiger partial charge on any atom is 0.308 e. The summed E-state index contributed by atoms with van der Waals surface area (Å²) in [7, 11) is 1.42. The molecule has 3 heteroatoms. The highest BCUT2D eigenvalue weighted by atomic mass is 79.9. The largest absolute Gasteiger partial charge is 0.469 e. The Balaban J connectivity index is 0.00000121. The maximum atomic E-state index is 11.4. The molecule has 1 aromatic carbocycles. The molecule has 0 N–H and O–H groups in total. The number of hydrogen-bond donors (Lipinski definition) is 0. The number of benzene rings is 1. The normalized spacial score (nSPS) is 13.1. The number of halogens is 1. The Morgan fingerprint density at radius 3 is 2.06 bits per heavy atom. The summed E-state index contributed by atoms with van der Waals surface area (Å²) in [6.07, 6.45) is 0. The van der Waals surface area contributed by atoms with Crippen molar-refractivity contribution in [2.45, 2.75) is 33.6 Å². The first-order valence-corrected chi connectivity index (χ1v) is 6.69. The van der Waals surface area contributed by atoms with Gasteiger partial charge in [-0.05, 0) is 23.6 Å². The molecule has 2 nitrogen and oxygen atoms in total. The molecule has 0 saturated heterocycles. The molecule has 0 aliphatic rings. The second-order valence-electron chi connectivity index (χ2n) is 3.65. The topological polar surface area (TPSA) is 26.3 Å². The van der Waals surface area contributed by atoms with Crippen LogP contribution in [-0.4, -0.2) is 13.1 Å². The zero-order valence-electron chi connectivity index (χ0n) is 11.2. The van der Waals surface area contributed by atoms with Crippen LogP contribution in [0.5, 0.6) is 0 Å². The van der Waals surface area contributed by atoms with E-state index in [2.05, 4.69) is 15.9 Å². The average Bonchev–Trinajstić information content (AvgIpc) is 2.39. The van der Waals surface area contributed by atoms with Crippen LogP contribution in [0.25, 0.3) is 0 Å². The Hall–Kier alpha value is -0.830. The Kier molecular flexibility index (Phi) is 7.88. The molecule has 0 fully saturated rings. The molecule has 0 bridgehead atoms. The second kappa shape index (κ2) is 8.29. The van der Waals surface area contributed by atoms with E-state index in [1.165, 1.54) is 7.11 Å². The highest BCUT2D eigenvalue weighted by molar-refractivity contribution is 9.10. The van der Waals surface area contributed by atoms with Crippen molar-refractivity contribution in [2.75, 3.05) is 7.11 Å². The predicted octanol–water partition coefficient (Wildman–Crippen LogP) is 4.39. The zero-order chi connectivity index (χ0) is 13.4. The third-order valence-electron chi connectivity index (χ3n) is 2.72. The Labute approximate surface area is 112 Å². The minimum atomic E-state index is -0.162. The molecule has 0 radical (unpaired) electrons. The molecule has 1 aromatic rings. The molecule has 0 heterocycles. The molecule has 0 aliphatic carbocycles. The van der Waals surface area contributed by atoms with Gasteiger partial charge in [0.15, 0.2) is 0 Å². The number of hydrogen-bond acceptors (Lipinski definition) is 2. The van der Waals surface area contributed by atoms with Gasteiger partial charge in [0.05, 0.1) is 13.0 Å². The molecule has 0 amide bonds. The van der Waals surface area contributed by atoms with E-state index in [9.17, 15) is 4.79 Å². The van der Waals surface area contributed by atoms with Crippen LogP contribution < -0.4 is 0 Å². The Morgan fingerprint density at radius 2 is 1.65 bits per heavy atom. The second-order valence-corrected chi connectivity index (χ2v) is 4.57.